The van der Waals surface area contributed by atoms with Crippen molar-refractivity contribution < 1.29 is 4.39 Å². The number of pyridine rings is 1. The van der Waals surface area contributed by atoms with Crippen molar-refractivity contribution in [1.29, 1.82) is 0 Å². The second-order valence-electron chi connectivity index (χ2n) is 4.76. The summed E-state index contributed by atoms with van der Waals surface area (Å²) in [5.41, 5.74) is 1.69. The van der Waals surface area contributed by atoms with Gasteiger partial charge in [-0.2, -0.15) is 0 Å². The summed E-state index contributed by atoms with van der Waals surface area (Å²) in [6, 6.07) is 10.00. The Labute approximate surface area is 137 Å². The van der Waals surface area contributed by atoms with Crippen LogP contribution in [0.2, 0.25) is 5.02 Å². The Morgan fingerprint density at radius 3 is 2.74 bits per heavy atom. The van der Waals surface area contributed by atoms with Crippen LogP contribution in [0.4, 0.5) is 21.7 Å². The topological polar surface area (TPSA) is 62.7 Å². The molecule has 5 nitrogen and oxygen atoms in total. The van der Waals surface area contributed by atoms with Crippen molar-refractivity contribution in [2.75, 3.05) is 10.6 Å². The van der Waals surface area contributed by atoms with Gasteiger partial charge in [-0.1, -0.05) is 17.7 Å². The van der Waals surface area contributed by atoms with Crippen LogP contribution in [0.1, 0.15) is 5.56 Å². The zero-order chi connectivity index (χ0) is 16.1. The molecular formula is C16H13ClFN5. The van der Waals surface area contributed by atoms with Gasteiger partial charge in [0.25, 0.3) is 0 Å². The van der Waals surface area contributed by atoms with E-state index in [9.17, 15) is 4.39 Å². The molecule has 0 spiro atoms. The number of nitrogens with zero attached hydrogens (tertiary/aromatic N) is 3. The van der Waals surface area contributed by atoms with Crippen LogP contribution in [0.15, 0.2) is 55.1 Å². The molecule has 23 heavy (non-hydrogen) atoms. The van der Waals surface area contributed by atoms with E-state index in [0.29, 0.717) is 23.9 Å². The Kier molecular flexibility index (Phi) is 4.63. The van der Waals surface area contributed by atoms with E-state index in [1.54, 1.807) is 24.5 Å². The molecule has 0 atom stereocenters. The third-order valence-corrected chi connectivity index (χ3v) is 3.35. The molecule has 3 rings (SSSR count). The fourth-order valence-corrected chi connectivity index (χ4v) is 2.12. The lowest BCUT2D eigenvalue weighted by molar-refractivity contribution is 0.628. The Balaban J connectivity index is 1.68. The smallest absolute Gasteiger partial charge is 0.141 e. The van der Waals surface area contributed by atoms with Gasteiger partial charge in [0.05, 0.1) is 5.02 Å². The molecule has 7 heteroatoms. The molecule has 0 aliphatic heterocycles. The lowest BCUT2D eigenvalue weighted by Gasteiger charge is -2.09. The van der Waals surface area contributed by atoms with Crippen LogP contribution in [0.5, 0.6) is 0 Å². The van der Waals surface area contributed by atoms with Gasteiger partial charge in [0.2, 0.25) is 0 Å². The Morgan fingerprint density at radius 2 is 1.96 bits per heavy atom. The third kappa shape index (κ3) is 4.14. The molecule has 2 aromatic heterocycles. The van der Waals surface area contributed by atoms with Gasteiger partial charge in [-0.05, 0) is 29.8 Å². The van der Waals surface area contributed by atoms with Gasteiger partial charge in [-0.25, -0.2) is 14.4 Å². The number of halogens is 2. The van der Waals surface area contributed by atoms with E-state index in [1.807, 2.05) is 12.1 Å². The summed E-state index contributed by atoms with van der Waals surface area (Å²) in [6.45, 7) is 0.604. The predicted molar refractivity (Wildman–Crippen MR) is 88.3 cm³/mol. The zero-order valence-electron chi connectivity index (χ0n) is 12.0. The van der Waals surface area contributed by atoms with E-state index in [0.717, 1.165) is 5.56 Å². The highest BCUT2D eigenvalue weighted by Gasteiger charge is 2.03. The highest BCUT2D eigenvalue weighted by Crippen LogP contribution is 2.22. The average molecular weight is 330 g/mol. The second-order valence-corrected chi connectivity index (χ2v) is 5.16. The molecule has 0 fully saturated rings. The van der Waals surface area contributed by atoms with E-state index in [1.165, 1.54) is 18.5 Å². The van der Waals surface area contributed by atoms with Gasteiger partial charge >= 0.3 is 0 Å². The fraction of sp³-hybridized carbons (Fsp3) is 0.0625. The molecular weight excluding hydrogens is 317 g/mol. The standard InChI is InChI=1S/C16H13ClFN5/c17-13-6-12(3-4-14(13)18)23-16-7-15(21-10-22-16)20-9-11-2-1-5-19-8-11/h1-8,10H,9H2,(H2,20,21,22,23). The lowest BCUT2D eigenvalue weighted by atomic mass is 10.3. The van der Waals surface area contributed by atoms with E-state index in [4.69, 9.17) is 11.6 Å². The first-order valence-corrected chi connectivity index (χ1v) is 7.25. The van der Waals surface area contributed by atoms with E-state index < -0.39 is 5.82 Å². The maximum Gasteiger partial charge on any atom is 0.141 e. The molecule has 3 aromatic rings. The number of nitrogens with one attached hydrogen (secondary N) is 2. The normalized spacial score (nSPS) is 10.3. The van der Waals surface area contributed by atoms with Crippen LogP contribution in [0.25, 0.3) is 0 Å². The number of benzene rings is 1. The largest absolute Gasteiger partial charge is 0.366 e. The van der Waals surface area contributed by atoms with Crippen molar-refractivity contribution in [1.82, 2.24) is 15.0 Å². The van der Waals surface area contributed by atoms with Crippen LogP contribution in [0.3, 0.4) is 0 Å². The molecule has 0 unspecified atom stereocenters. The minimum absolute atomic E-state index is 0.0546. The number of hydrogen-bond acceptors (Lipinski definition) is 5. The number of rotatable bonds is 5. The summed E-state index contributed by atoms with van der Waals surface area (Å²) in [5, 5.41) is 6.30. The van der Waals surface area contributed by atoms with E-state index in [-0.39, 0.29) is 5.02 Å². The maximum absolute atomic E-state index is 13.2. The van der Waals surface area contributed by atoms with Crippen LogP contribution >= 0.6 is 11.6 Å². The molecule has 2 N–H and O–H groups in total. The Hall–Kier alpha value is -2.73. The monoisotopic (exact) mass is 329 g/mol. The van der Waals surface area contributed by atoms with Gasteiger partial charge in [0, 0.05) is 30.7 Å². The zero-order valence-corrected chi connectivity index (χ0v) is 12.8. The molecule has 0 aliphatic carbocycles. The Bertz CT molecular complexity index is 797. The molecule has 0 amide bonds. The second kappa shape index (κ2) is 7.02. The first-order chi connectivity index (χ1) is 11.2. The molecule has 0 saturated heterocycles. The van der Waals surface area contributed by atoms with Gasteiger partial charge < -0.3 is 10.6 Å². The van der Waals surface area contributed by atoms with Crippen LogP contribution in [-0.2, 0) is 6.54 Å². The molecule has 0 aliphatic rings. The summed E-state index contributed by atoms with van der Waals surface area (Å²) < 4.78 is 13.2. The SMILES string of the molecule is Fc1ccc(Nc2cc(NCc3cccnc3)ncn2)cc1Cl. The van der Waals surface area contributed by atoms with Crippen molar-refractivity contribution in [2.45, 2.75) is 6.54 Å². The predicted octanol–water partition coefficient (Wildman–Crippen LogP) is 4.02. The molecule has 116 valence electrons. The fourth-order valence-electron chi connectivity index (χ4n) is 1.94. The van der Waals surface area contributed by atoms with Crippen LogP contribution in [0, 0.1) is 5.82 Å². The van der Waals surface area contributed by atoms with Gasteiger partial charge in [0.15, 0.2) is 0 Å². The summed E-state index contributed by atoms with van der Waals surface area (Å²) in [6.07, 6.45) is 4.96. The number of anilines is 3. The van der Waals surface area contributed by atoms with Crippen molar-refractivity contribution in [3.63, 3.8) is 0 Å². The molecule has 0 bridgehead atoms. The van der Waals surface area contributed by atoms with Gasteiger partial charge in [-0.3, -0.25) is 4.98 Å². The number of hydrogen-bond donors (Lipinski definition) is 2. The highest BCUT2D eigenvalue weighted by molar-refractivity contribution is 6.31. The molecule has 2 heterocycles. The van der Waals surface area contributed by atoms with Crippen LogP contribution in [-0.4, -0.2) is 15.0 Å². The Morgan fingerprint density at radius 1 is 1.09 bits per heavy atom. The van der Waals surface area contributed by atoms with Crippen molar-refractivity contribution >= 4 is 28.9 Å². The van der Waals surface area contributed by atoms with Gasteiger partial charge in [-0.15, -0.1) is 0 Å². The average Bonchev–Trinajstić information content (AvgIpc) is 2.58. The molecule has 1 aromatic carbocycles. The van der Waals surface area contributed by atoms with Crippen molar-refractivity contribution in [3.05, 3.63) is 71.5 Å². The maximum atomic E-state index is 13.2. The minimum Gasteiger partial charge on any atom is -0.366 e. The van der Waals surface area contributed by atoms with Gasteiger partial charge in [0.1, 0.15) is 23.8 Å². The van der Waals surface area contributed by atoms with Crippen LogP contribution < -0.4 is 10.6 Å². The lowest BCUT2D eigenvalue weighted by Crippen LogP contribution is -2.03. The first kappa shape index (κ1) is 15.2. The van der Waals surface area contributed by atoms with E-state index in [2.05, 4.69) is 25.6 Å². The quantitative estimate of drug-likeness (QED) is 0.740. The van der Waals surface area contributed by atoms with Crippen molar-refractivity contribution in [3.8, 4) is 0 Å². The van der Waals surface area contributed by atoms with Crippen molar-refractivity contribution in [2.24, 2.45) is 0 Å². The highest BCUT2D eigenvalue weighted by atomic mass is 35.5. The summed E-state index contributed by atoms with van der Waals surface area (Å²) in [4.78, 5) is 12.3. The third-order valence-electron chi connectivity index (χ3n) is 3.06. The number of aromatic nitrogens is 3. The molecule has 0 radical (unpaired) electrons. The minimum atomic E-state index is -0.460. The molecule has 0 saturated carbocycles. The first-order valence-electron chi connectivity index (χ1n) is 6.87. The summed E-state index contributed by atoms with van der Waals surface area (Å²) in [5.74, 6) is 0.787. The van der Waals surface area contributed by atoms with E-state index >= 15 is 0 Å². The summed E-state index contributed by atoms with van der Waals surface area (Å²) in [7, 11) is 0. The summed E-state index contributed by atoms with van der Waals surface area (Å²) >= 11 is 5.76.